The minimum absolute atomic E-state index is 0.146. The number of nitrogens with two attached hydrogens (primary N) is 1. The molecule has 0 aromatic rings. The molecule has 2 rings (SSSR count). The molecule has 1 saturated heterocycles. The molecule has 1 saturated carbocycles. The SMILES string of the molecule is CC1CC(OCC(N)C2CCOC2)CC(C)(C)C1. The van der Waals surface area contributed by atoms with Gasteiger partial charge in [-0.1, -0.05) is 20.8 Å². The molecule has 2 N–H and O–H groups in total. The highest BCUT2D eigenvalue weighted by molar-refractivity contribution is 4.84. The van der Waals surface area contributed by atoms with Crippen LogP contribution in [0, 0.1) is 17.3 Å². The predicted octanol–water partition coefficient (Wildman–Crippen LogP) is 2.58. The standard InChI is InChI=1S/C15H29NO2/c1-11-6-13(8-15(2,3)7-11)18-10-14(16)12-4-5-17-9-12/h11-14H,4-10,16H2,1-3H3. The van der Waals surface area contributed by atoms with Crippen LogP contribution in [0.4, 0.5) is 0 Å². The maximum absolute atomic E-state index is 6.19. The lowest BCUT2D eigenvalue weighted by atomic mass is 9.71. The smallest absolute Gasteiger partial charge is 0.0624 e. The van der Waals surface area contributed by atoms with E-state index in [9.17, 15) is 0 Å². The van der Waals surface area contributed by atoms with E-state index in [-0.39, 0.29) is 6.04 Å². The van der Waals surface area contributed by atoms with Gasteiger partial charge in [0, 0.05) is 18.6 Å². The van der Waals surface area contributed by atoms with Crippen molar-refractivity contribution >= 4 is 0 Å². The quantitative estimate of drug-likeness (QED) is 0.839. The van der Waals surface area contributed by atoms with Crippen molar-refractivity contribution in [3.8, 4) is 0 Å². The Bertz CT molecular complexity index is 261. The Kier molecular flexibility index (Phi) is 4.68. The summed E-state index contributed by atoms with van der Waals surface area (Å²) in [4.78, 5) is 0. The molecule has 1 heterocycles. The fraction of sp³-hybridized carbons (Fsp3) is 1.00. The molecule has 0 radical (unpaired) electrons. The van der Waals surface area contributed by atoms with Crippen molar-refractivity contribution in [1.29, 1.82) is 0 Å². The van der Waals surface area contributed by atoms with Crippen LogP contribution in [0.2, 0.25) is 0 Å². The van der Waals surface area contributed by atoms with Gasteiger partial charge in [0.2, 0.25) is 0 Å². The first-order chi connectivity index (χ1) is 8.46. The van der Waals surface area contributed by atoms with Crippen LogP contribution in [0.5, 0.6) is 0 Å². The molecule has 0 aromatic carbocycles. The van der Waals surface area contributed by atoms with E-state index >= 15 is 0 Å². The van der Waals surface area contributed by atoms with Crippen molar-refractivity contribution in [1.82, 2.24) is 0 Å². The second-order valence-corrected chi connectivity index (χ2v) is 7.16. The largest absolute Gasteiger partial charge is 0.381 e. The first-order valence-corrected chi connectivity index (χ1v) is 7.41. The molecule has 18 heavy (non-hydrogen) atoms. The summed E-state index contributed by atoms with van der Waals surface area (Å²) in [6.45, 7) is 9.42. The molecule has 0 bridgehead atoms. The van der Waals surface area contributed by atoms with Crippen LogP contribution in [-0.2, 0) is 9.47 Å². The van der Waals surface area contributed by atoms with Gasteiger partial charge in [-0.05, 0) is 37.0 Å². The Morgan fingerprint density at radius 1 is 1.39 bits per heavy atom. The third kappa shape index (κ3) is 3.94. The van der Waals surface area contributed by atoms with Crippen molar-refractivity contribution in [3.05, 3.63) is 0 Å². The molecule has 4 unspecified atom stereocenters. The number of hydrogen-bond acceptors (Lipinski definition) is 3. The van der Waals surface area contributed by atoms with Crippen LogP contribution in [0.25, 0.3) is 0 Å². The first kappa shape index (κ1) is 14.3. The first-order valence-electron chi connectivity index (χ1n) is 7.41. The summed E-state index contributed by atoms with van der Waals surface area (Å²) in [5, 5.41) is 0. The van der Waals surface area contributed by atoms with Gasteiger partial charge in [0.1, 0.15) is 0 Å². The number of hydrogen-bond donors (Lipinski definition) is 1. The molecule has 106 valence electrons. The summed E-state index contributed by atoms with van der Waals surface area (Å²) in [6, 6.07) is 0.146. The molecule has 0 spiro atoms. The van der Waals surface area contributed by atoms with Gasteiger partial charge in [0.15, 0.2) is 0 Å². The summed E-state index contributed by atoms with van der Waals surface area (Å²) in [5.74, 6) is 1.27. The lowest BCUT2D eigenvalue weighted by Gasteiger charge is -2.39. The molecule has 1 aliphatic heterocycles. The average molecular weight is 255 g/mol. The monoisotopic (exact) mass is 255 g/mol. The number of rotatable bonds is 4. The number of ether oxygens (including phenoxy) is 2. The Hall–Kier alpha value is -0.120. The molecule has 0 aromatic heterocycles. The van der Waals surface area contributed by atoms with Gasteiger partial charge < -0.3 is 15.2 Å². The van der Waals surface area contributed by atoms with E-state index in [4.69, 9.17) is 15.2 Å². The van der Waals surface area contributed by atoms with Crippen LogP contribution < -0.4 is 5.73 Å². The zero-order chi connectivity index (χ0) is 13.2. The molecule has 0 amide bonds. The highest BCUT2D eigenvalue weighted by Crippen LogP contribution is 2.39. The fourth-order valence-corrected chi connectivity index (χ4v) is 3.66. The fourth-order valence-electron chi connectivity index (χ4n) is 3.66. The summed E-state index contributed by atoms with van der Waals surface area (Å²) in [6.07, 6.45) is 5.17. The molecule has 3 heteroatoms. The van der Waals surface area contributed by atoms with Gasteiger partial charge in [-0.15, -0.1) is 0 Å². The molecule has 2 fully saturated rings. The van der Waals surface area contributed by atoms with Crippen LogP contribution in [0.1, 0.15) is 46.5 Å². The van der Waals surface area contributed by atoms with Crippen molar-refractivity contribution in [2.45, 2.75) is 58.6 Å². The maximum atomic E-state index is 6.19. The van der Waals surface area contributed by atoms with Crippen molar-refractivity contribution < 1.29 is 9.47 Å². The van der Waals surface area contributed by atoms with Gasteiger partial charge in [0.25, 0.3) is 0 Å². The predicted molar refractivity (Wildman–Crippen MR) is 73.4 cm³/mol. The molecular weight excluding hydrogens is 226 g/mol. The van der Waals surface area contributed by atoms with Crippen molar-refractivity contribution in [3.63, 3.8) is 0 Å². The summed E-state index contributed by atoms with van der Waals surface area (Å²) < 4.78 is 11.5. The van der Waals surface area contributed by atoms with E-state index in [0.717, 1.165) is 25.6 Å². The van der Waals surface area contributed by atoms with Crippen molar-refractivity contribution in [2.24, 2.45) is 23.0 Å². The van der Waals surface area contributed by atoms with E-state index in [2.05, 4.69) is 20.8 Å². The van der Waals surface area contributed by atoms with Gasteiger partial charge in [0.05, 0.1) is 19.3 Å². The summed E-state index contributed by atoms with van der Waals surface area (Å²) in [7, 11) is 0. The van der Waals surface area contributed by atoms with Gasteiger partial charge in [-0.25, -0.2) is 0 Å². The van der Waals surface area contributed by atoms with Gasteiger partial charge in [-0.2, -0.15) is 0 Å². The van der Waals surface area contributed by atoms with E-state index in [1.54, 1.807) is 0 Å². The third-order valence-electron chi connectivity index (χ3n) is 4.44. The van der Waals surface area contributed by atoms with E-state index in [0.29, 0.717) is 24.0 Å². The van der Waals surface area contributed by atoms with Gasteiger partial charge in [-0.3, -0.25) is 0 Å². The molecule has 3 nitrogen and oxygen atoms in total. The van der Waals surface area contributed by atoms with E-state index < -0.39 is 0 Å². The zero-order valence-electron chi connectivity index (χ0n) is 12.2. The average Bonchev–Trinajstić information content (AvgIpc) is 2.76. The second-order valence-electron chi connectivity index (χ2n) is 7.16. The van der Waals surface area contributed by atoms with Crippen LogP contribution in [-0.4, -0.2) is 32.0 Å². The van der Waals surface area contributed by atoms with Crippen LogP contribution in [0.15, 0.2) is 0 Å². The Labute approximate surface area is 111 Å². The van der Waals surface area contributed by atoms with Gasteiger partial charge >= 0.3 is 0 Å². The highest BCUT2D eigenvalue weighted by atomic mass is 16.5. The molecule has 1 aliphatic carbocycles. The van der Waals surface area contributed by atoms with Crippen LogP contribution >= 0.6 is 0 Å². The minimum atomic E-state index is 0.146. The lowest BCUT2D eigenvalue weighted by Crippen LogP contribution is -2.39. The van der Waals surface area contributed by atoms with E-state index in [1.807, 2.05) is 0 Å². The van der Waals surface area contributed by atoms with E-state index in [1.165, 1.54) is 19.3 Å². The lowest BCUT2D eigenvalue weighted by molar-refractivity contribution is -0.0324. The maximum Gasteiger partial charge on any atom is 0.0624 e. The Balaban J connectivity index is 1.75. The summed E-state index contributed by atoms with van der Waals surface area (Å²) in [5.41, 5.74) is 6.61. The minimum Gasteiger partial charge on any atom is -0.381 e. The van der Waals surface area contributed by atoms with Crippen molar-refractivity contribution in [2.75, 3.05) is 19.8 Å². The zero-order valence-corrected chi connectivity index (χ0v) is 12.2. The normalized spacial score (nSPS) is 37.7. The second kappa shape index (κ2) is 5.89. The third-order valence-corrected chi connectivity index (χ3v) is 4.44. The summed E-state index contributed by atoms with van der Waals surface area (Å²) >= 11 is 0. The molecule has 2 aliphatic rings. The highest BCUT2D eigenvalue weighted by Gasteiger charge is 2.33. The van der Waals surface area contributed by atoms with Crippen LogP contribution in [0.3, 0.4) is 0 Å². The molecule has 4 atom stereocenters. The molecular formula is C15H29NO2. The Morgan fingerprint density at radius 3 is 2.78 bits per heavy atom. The Morgan fingerprint density at radius 2 is 2.17 bits per heavy atom. The topological polar surface area (TPSA) is 44.5 Å².